The SMILES string of the molecule is O=C(O)C=CCCCCCCC=CCCCCCCCCCCCCCCCCCCC=CC(=O)O. The van der Waals surface area contributed by atoms with E-state index < -0.39 is 11.9 Å². The lowest BCUT2D eigenvalue weighted by Gasteiger charge is -2.03. The molecule has 208 valence electrons. The molecule has 0 radical (unpaired) electrons. The van der Waals surface area contributed by atoms with Crippen molar-refractivity contribution in [2.24, 2.45) is 0 Å². The zero-order valence-electron chi connectivity index (χ0n) is 23.1. The first kappa shape index (κ1) is 34.2. The summed E-state index contributed by atoms with van der Waals surface area (Å²) < 4.78 is 0. The number of hydrogen-bond acceptors (Lipinski definition) is 2. The lowest BCUT2D eigenvalue weighted by atomic mass is 10.0. The number of aliphatic carboxylic acids is 2. The number of allylic oxidation sites excluding steroid dienone is 4. The Hall–Kier alpha value is -1.84. The average Bonchev–Trinajstić information content (AvgIpc) is 2.85. The minimum atomic E-state index is -0.847. The molecule has 0 aromatic carbocycles. The maximum atomic E-state index is 10.4. The number of carbonyl (C=O) groups is 2. The summed E-state index contributed by atoms with van der Waals surface area (Å²) in [5, 5.41) is 17.0. The molecule has 0 aliphatic carbocycles. The third-order valence-corrected chi connectivity index (χ3v) is 6.67. The summed E-state index contributed by atoms with van der Waals surface area (Å²) in [5.74, 6) is -1.69. The second-order valence-corrected chi connectivity index (χ2v) is 10.2. The van der Waals surface area contributed by atoms with Gasteiger partial charge in [-0.1, -0.05) is 127 Å². The molecule has 0 heterocycles. The lowest BCUT2D eigenvalue weighted by Crippen LogP contribution is -1.86. The lowest BCUT2D eigenvalue weighted by molar-refractivity contribution is -0.132. The summed E-state index contributed by atoms with van der Waals surface area (Å²) in [4.78, 5) is 20.7. The largest absolute Gasteiger partial charge is 0.478 e. The Balaban J connectivity index is 3.14. The predicted octanol–water partition coefficient (Wildman–Crippen LogP) is 10.2. The van der Waals surface area contributed by atoms with E-state index in [2.05, 4.69) is 12.2 Å². The van der Waals surface area contributed by atoms with Gasteiger partial charge in [-0.15, -0.1) is 0 Å². The van der Waals surface area contributed by atoms with Crippen LogP contribution in [0.5, 0.6) is 0 Å². The molecule has 0 aromatic heterocycles. The maximum Gasteiger partial charge on any atom is 0.327 e. The summed E-state index contributed by atoms with van der Waals surface area (Å²) >= 11 is 0. The van der Waals surface area contributed by atoms with E-state index in [1.807, 2.05) is 0 Å². The Labute approximate surface area is 222 Å². The van der Waals surface area contributed by atoms with Gasteiger partial charge in [-0.2, -0.15) is 0 Å². The minimum Gasteiger partial charge on any atom is -0.478 e. The van der Waals surface area contributed by atoms with Crippen molar-refractivity contribution < 1.29 is 19.8 Å². The molecule has 0 fully saturated rings. The van der Waals surface area contributed by atoms with Crippen molar-refractivity contribution in [2.75, 3.05) is 0 Å². The first-order valence-corrected chi connectivity index (χ1v) is 15.1. The summed E-state index contributed by atoms with van der Waals surface area (Å²) in [6.45, 7) is 0. The Morgan fingerprint density at radius 1 is 0.333 bits per heavy atom. The second-order valence-electron chi connectivity index (χ2n) is 10.2. The third kappa shape index (κ3) is 32.2. The number of carboxylic acids is 2. The first-order valence-electron chi connectivity index (χ1n) is 15.1. The summed E-state index contributed by atoms with van der Waals surface area (Å²) in [6.07, 6.45) is 41.3. The number of unbranched alkanes of at least 4 members (excludes halogenated alkanes) is 22. The molecule has 0 aliphatic rings. The molecular weight excluding hydrogens is 448 g/mol. The molecular formula is C32H56O4. The van der Waals surface area contributed by atoms with Crippen LogP contribution in [-0.2, 0) is 9.59 Å². The highest BCUT2D eigenvalue weighted by atomic mass is 16.4. The Morgan fingerprint density at radius 3 is 0.750 bits per heavy atom. The molecule has 0 bridgehead atoms. The Bertz CT molecular complexity index is 577. The van der Waals surface area contributed by atoms with Gasteiger partial charge in [0.25, 0.3) is 0 Å². The smallest absolute Gasteiger partial charge is 0.327 e. The zero-order chi connectivity index (χ0) is 26.4. The van der Waals surface area contributed by atoms with Gasteiger partial charge in [0.15, 0.2) is 0 Å². The van der Waals surface area contributed by atoms with Crippen molar-refractivity contribution in [3.63, 3.8) is 0 Å². The van der Waals surface area contributed by atoms with Crippen LogP contribution in [0, 0.1) is 0 Å². The van der Waals surface area contributed by atoms with Crippen molar-refractivity contribution >= 4 is 11.9 Å². The van der Waals surface area contributed by atoms with E-state index in [-0.39, 0.29) is 0 Å². The highest BCUT2D eigenvalue weighted by Crippen LogP contribution is 2.14. The van der Waals surface area contributed by atoms with Gasteiger partial charge in [0, 0.05) is 12.2 Å². The van der Waals surface area contributed by atoms with E-state index >= 15 is 0 Å². The monoisotopic (exact) mass is 504 g/mol. The van der Waals surface area contributed by atoms with E-state index in [4.69, 9.17) is 10.2 Å². The molecule has 2 N–H and O–H groups in total. The molecule has 0 atom stereocenters. The van der Waals surface area contributed by atoms with Crippen LogP contribution in [0.4, 0.5) is 0 Å². The first-order chi connectivity index (χ1) is 17.6. The van der Waals surface area contributed by atoms with Gasteiger partial charge in [0.05, 0.1) is 0 Å². The molecule has 0 unspecified atom stereocenters. The fraction of sp³-hybridized carbons (Fsp3) is 0.750. The van der Waals surface area contributed by atoms with E-state index in [9.17, 15) is 9.59 Å². The Morgan fingerprint density at radius 2 is 0.528 bits per heavy atom. The molecule has 0 amide bonds. The zero-order valence-corrected chi connectivity index (χ0v) is 23.1. The average molecular weight is 505 g/mol. The summed E-state index contributed by atoms with van der Waals surface area (Å²) in [5.41, 5.74) is 0. The maximum absolute atomic E-state index is 10.4. The molecule has 4 nitrogen and oxygen atoms in total. The molecule has 0 saturated carbocycles. The third-order valence-electron chi connectivity index (χ3n) is 6.67. The molecule has 36 heavy (non-hydrogen) atoms. The van der Waals surface area contributed by atoms with Gasteiger partial charge in [0.1, 0.15) is 0 Å². The number of rotatable bonds is 28. The van der Waals surface area contributed by atoms with Crippen LogP contribution in [0.2, 0.25) is 0 Å². The molecule has 0 saturated heterocycles. The van der Waals surface area contributed by atoms with Crippen molar-refractivity contribution in [1.82, 2.24) is 0 Å². The normalized spacial score (nSPS) is 11.9. The second kappa shape index (κ2) is 29.4. The number of carboxylic acid groups (broad SMARTS) is 2. The fourth-order valence-corrected chi connectivity index (χ4v) is 4.48. The van der Waals surface area contributed by atoms with Crippen LogP contribution in [-0.4, -0.2) is 22.2 Å². The van der Waals surface area contributed by atoms with E-state index in [0.717, 1.165) is 25.7 Å². The summed E-state index contributed by atoms with van der Waals surface area (Å²) in [7, 11) is 0. The molecule has 0 spiro atoms. The van der Waals surface area contributed by atoms with Crippen molar-refractivity contribution in [3.05, 3.63) is 36.5 Å². The minimum absolute atomic E-state index is 0.840. The molecule has 0 aromatic rings. The van der Waals surface area contributed by atoms with Gasteiger partial charge >= 0.3 is 11.9 Å². The predicted molar refractivity (Wildman–Crippen MR) is 153 cm³/mol. The molecule has 0 rings (SSSR count). The van der Waals surface area contributed by atoms with Gasteiger partial charge in [-0.05, 0) is 51.4 Å². The van der Waals surface area contributed by atoms with Crippen LogP contribution >= 0.6 is 0 Å². The molecule has 4 heteroatoms. The van der Waals surface area contributed by atoms with Crippen molar-refractivity contribution in [2.45, 2.75) is 154 Å². The van der Waals surface area contributed by atoms with Gasteiger partial charge in [0.2, 0.25) is 0 Å². The van der Waals surface area contributed by atoms with Gasteiger partial charge < -0.3 is 10.2 Å². The van der Waals surface area contributed by atoms with Crippen molar-refractivity contribution in [3.8, 4) is 0 Å². The van der Waals surface area contributed by atoms with Gasteiger partial charge in [-0.3, -0.25) is 0 Å². The van der Waals surface area contributed by atoms with Crippen LogP contribution in [0.25, 0.3) is 0 Å². The Kier molecular flexibility index (Phi) is 27.9. The van der Waals surface area contributed by atoms with Crippen molar-refractivity contribution in [1.29, 1.82) is 0 Å². The highest BCUT2D eigenvalue weighted by molar-refractivity contribution is 5.79. The van der Waals surface area contributed by atoms with Gasteiger partial charge in [-0.25, -0.2) is 9.59 Å². The topological polar surface area (TPSA) is 74.6 Å². The van der Waals surface area contributed by atoms with Crippen LogP contribution in [0.1, 0.15) is 154 Å². The summed E-state index contributed by atoms with van der Waals surface area (Å²) in [6, 6.07) is 0. The molecule has 0 aliphatic heterocycles. The van der Waals surface area contributed by atoms with Crippen LogP contribution in [0.3, 0.4) is 0 Å². The standard InChI is InChI=1S/C32H56O4/c33-31(34)29-27-25-23-21-19-17-15-13-11-9-7-5-3-1-2-4-6-8-10-12-14-16-18-20-22-24-26-28-30-32(35)36/h11,13,27-30H,1-10,12,14-26H2,(H,33,34)(H,35,36). The van der Waals surface area contributed by atoms with E-state index in [1.165, 1.54) is 141 Å². The quantitative estimate of drug-likeness (QED) is 0.0631. The fourth-order valence-electron chi connectivity index (χ4n) is 4.48. The van der Waals surface area contributed by atoms with E-state index in [1.54, 1.807) is 12.2 Å². The number of hydrogen-bond donors (Lipinski definition) is 2. The van der Waals surface area contributed by atoms with Crippen LogP contribution in [0.15, 0.2) is 36.5 Å². The van der Waals surface area contributed by atoms with Crippen LogP contribution < -0.4 is 0 Å². The van der Waals surface area contributed by atoms with E-state index in [0.29, 0.717) is 0 Å². The highest BCUT2D eigenvalue weighted by Gasteiger charge is 1.95.